The van der Waals surface area contributed by atoms with E-state index in [2.05, 4.69) is 51.2 Å². The van der Waals surface area contributed by atoms with Gasteiger partial charge in [0.1, 0.15) is 0 Å². The largest absolute Gasteiger partial charge is 0.481 e. The predicted octanol–water partition coefficient (Wildman–Crippen LogP) is 3.57. The van der Waals surface area contributed by atoms with Crippen LogP contribution < -0.4 is 5.32 Å². The number of anilines is 1. The van der Waals surface area contributed by atoms with Crippen LogP contribution in [-0.2, 0) is 10.2 Å². The van der Waals surface area contributed by atoms with Gasteiger partial charge in [0, 0.05) is 18.7 Å². The summed E-state index contributed by atoms with van der Waals surface area (Å²) in [4.78, 5) is 10.4. The molecule has 1 rings (SSSR count). The van der Waals surface area contributed by atoms with Gasteiger partial charge in [-0.2, -0.15) is 0 Å². The Hall–Kier alpha value is -1.51. The Morgan fingerprint density at radius 3 is 2.56 bits per heavy atom. The summed E-state index contributed by atoms with van der Waals surface area (Å²) >= 11 is 0. The highest BCUT2D eigenvalue weighted by atomic mass is 16.4. The third kappa shape index (κ3) is 4.40. The van der Waals surface area contributed by atoms with E-state index in [1.54, 1.807) is 0 Å². The van der Waals surface area contributed by atoms with Crippen molar-refractivity contribution in [3.8, 4) is 0 Å². The van der Waals surface area contributed by atoms with Crippen molar-refractivity contribution in [3.63, 3.8) is 0 Å². The minimum Gasteiger partial charge on any atom is -0.481 e. The fourth-order valence-corrected chi connectivity index (χ4v) is 1.74. The Kier molecular flexibility index (Phi) is 4.76. The number of carboxylic acids is 1. The number of carbonyl (C=O) groups is 1. The second kappa shape index (κ2) is 5.89. The van der Waals surface area contributed by atoms with Crippen molar-refractivity contribution in [2.45, 2.75) is 46.0 Å². The zero-order valence-electron chi connectivity index (χ0n) is 11.7. The minimum atomic E-state index is -0.739. The summed E-state index contributed by atoms with van der Waals surface area (Å²) in [6.45, 7) is 9.32. The molecule has 0 fully saturated rings. The average molecular weight is 249 g/mol. The molecule has 0 aliphatic heterocycles. The Morgan fingerprint density at radius 2 is 2.00 bits per heavy atom. The van der Waals surface area contributed by atoms with E-state index in [9.17, 15) is 4.79 Å². The van der Waals surface area contributed by atoms with Crippen molar-refractivity contribution in [3.05, 3.63) is 29.3 Å². The number of aliphatic carboxylic acids is 1. The normalized spacial score (nSPS) is 11.3. The van der Waals surface area contributed by atoms with Gasteiger partial charge < -0.3 is 10.4 Å². The second-order valence-electron chi connectivity index (χ2n) is 5.70. The van der Waals surface area contributed by atoms with Gasteiger partial charge in [0.2, 0.25) is 0 Å². The third-order valence-electron chi connectivity index (χ3n) is 2.99. The van der Waals surface area contributed by atoms with Crippen molar-refractivity contribution in [1.29, 1.82) is 0 Å². The van der Waals surface area contributed by atoms with Crippen molar-refractivity contribution in [2.75, 3.05) is 11.9 Å². The molecule has 2 N–H and O–H groups in total. The molecule has 0 radical (unpaired) electrons. The number of hydrogen-bond donors (Lipinski definition) is 2. The van der Waals surface area contributed by atoms with Crippen LogP contribution in [0.5, 0.6) is 0 Å². The maximum atomic E-state index is 10.4. The van der Waals surface area contributed by atoms with Gasteiger partial charge in [-0.1, -0.05) is 32.9 Å². The van der Waals surface area contributed by atoms with Gasteiger partial charge in [-0.05, 0) is 36.0 Å². The fourth-order valence-electron chi connectivity index (χ4n) is 1.74. The predicted molar refractivity (Wildman–Crippen MR) is 75.2 cm³/mol. The minimum absolute atomic E-state index is 0.130. The molecule has 0 aliphatic rings. The van der Waals surface area contributed by atoms with Crippen LogP contribution >= 0.6 is 0 Å². The molecule has 3 nitrogen and oxygen atoms in total. The van der Waals surface area contributed by atoms with E-state index in [0.717, 1.165) is 5.69 Å². The fraction of sp³-hybridized carbons (Fsp3) is 0.533. The van der Waals surface area contributed by atoms with Gasteiger partial charge in [0.15, 0.2) is 0 Å². The number of hydrogen-bond acceptors (Lipinski definition) is 2. The summed E-state index contributed by atoms with van der Waals surface area (Å²) in [5.41, 5.74) is 3.71. The zero-order valence-corrected chi connectivity index (χ0v) is 11.7. The number of nitrogens with one attached hydrogen (secondary N) is 1. The maximum absolute atomic E-state index is 10.4. The summed E-state index contributed by atoms with van der Waals surface area (Å²) in [7, 11) is 0. The molecule has 0 unspecified atom stereocenters. The highest BCUT2D eigenvalue weighted by Crippen LogP contribution is 2.26. The van der Waals surface area contributed by atoms with Crippen LogP contribution in [0.2, 0.25) is 0 Å². The first-order valence-electron chi connectivity index (χ1n) is 6.37. The smallest absolute Gasteiger partial charge is 0.303 e. The summed E-state index contributed by atoms with van der Waals surface area (Å²) in [5.74, 6) is -0.739. The van der Waals surface area contributed by atoms with E-state index in [0.29, 0.717) is 13.0 Å². The lowest BCUT2D eigenvalue weighted by Crippen LogP contribution is -2.12. The molecule has 0 aromatic heterocycles. The molecular formula is C15H23NO2. The first kappa shape index (κ1) is 14.6. The molecule has 18 heavy (non-hydrogen) atoms. The molecule has 0 aliphatic carbocycles. The number of rotatable bonds is 5. The van der Waals surface area contributed by atoms with E-state index >= 15 is 0 Å². The average Bonchev–Trinajstić information content (AvgIpc) is 2.24. The number of carboxylic acid groups (broad SMARTS) is 1. The molecule has 1 aromatic rings. The van der Waals surface area contributed by atoms with Crippen LogP contribution in [0, 0.1) is 6.92 Å². The monoisotopic (exact) mass is 249 g/mol. The van der Waals surface area contributed by atoms with Crippen LogP contribution in [0.15, 0.2) is 18.2 Å². The molecule has 0 amide bonds. The molecule has 100 valence electrons. The van der Waals surface area contributed by atoms with Gasteiger partial charge >= 0.3 is 5.97 Å². The van der Waals surface area contributed by atoms with Crippen molar-refractivity contribution in [2.24, 2.45) is 0 Å². The maximum Gasteiger partial charge on any atom is 0.303 e. The molecule has 0 spiro atoms. The lowest BCUT2D eigenvalue weighted by Gasteiger charge is -2.21. The van der Waals surface area contributed by atoms with Crippen molar-refractivity contribution in [1.82, 2.24) is 0 Å². The van der Waals surface area contributed by atoms with Gasteiger partial charge in [-0.3, -0.25) is 4.79 Å². The highest BCUT2D eigenvalue weighted by Gasteiger charge is 2.14. The van der Waals surface area contributed by atoms with Crippen molar-refractivity contribution >= 4 is 11.7 Å². The van der Waals surface area contributed by atoms with Crippen LogP contribution in [-0.4, -0.2) is 17.6 Å². The summed E-state index contributed by atoms with van der Waals surface area (Å²) < 4.78 is 0. The molecule has 0 heterocycles. The highest BCUT2D eigenvalue weighted by molar-refractivity contribution is 5.66. The van der Waals surface area contributed by atoms with Crippen LogP contribution in [0.3, 0.4) is 0 Å². The van der Waals surface area contributed by atoms with Crippen molar-refractivity contribution < 1.29 is 9.90 Å². The molecule has 1 aromatic carbocycles. The zero-order chi connectivity index (χ0) is 13.8. The molecule has 3 heteroatoms. The quantitative estimate of drug-likeness (QED) is 0.784. The van der Waals surface area contributed by atoms with Gasteiger partial charge in [-0.15, -0.1) is 0 Å². The summed E-state index contributed by atoms with van der Waals surface area (Å²) in [6, 6.07) is 6.42. The summed E-state index contributed by atoms with van der Waals surface area (Å²) in [6.07, 6.45) is 0.861. The van der Waals surface area contributed by atoms with E-state index in [-0.39, 0.29) is 11.8 Å². The van der Waals surface area contributed by atoms with Crippen LogP contribution in [0.1, 0.15) is 44.7 Å². The first-order chi connectivity index (χ1) is 8.30. The Morgan fingerprint density at radius 1 is 1.33 bits per heavy atom. The molecule has 0 bridgehead atoms. The Bertz CT molecular complexity index is 419. The van der Waals surface area contributed by atoms with E-state index in [4.69, 9.17) is 5.11 Å². The Balaban J connectivity index is 2.67. The van der Waals surface area contributed by atoms with Crippen LogP contribution in [0.25, 0.3) is 0 Å². The van der Waals surface area contributed by atoms with Gasteiger partial charge in [0.25, 0.3) is 0 Å². The molecule has 0 atom stereocenters. The van der Waals surface area contributed by atoms with E-state index in [1.807, 2.05) is 0 Å². The van der Waals surface area contributed by atoms with Gasteiger partial charge in [0.05, 0.1) is 0 Å². The summed E-state index contributed by atoms with van der Waals surface area (Å²) in [5, 5.41) is 11.9. The van der Waals surface area contributed by atoms with Crippen LogP contribution in [0.4, 0.5) is 5.69 Å². The molecule has 0 saturated heterocycles. The van der Waals surface area contributed by atoms with Gasteiger partial charge in [-0.25, -0.2) is 0 Å². The molecule has 0 saturated carbocycles. The first-order valence-corrected chi connectivity index (χ1v) is 6.37. The molecular weight excluding hydrogens is 226 g/mol. The Labute approximate surface area is 109 Å². The lowest BCUT2D eigenvalue weighted by molar-refractivity contribution is -0.137. The topological polar surface area (TPSA) is 49.3 Å². The van der Waals surface area contributed by atoms with E-state index < -0.39 is 5.97 Å². The number of benzene rings is 1. The van der Waals surface area contributed by atoms with E-state index in [1.165, 1.54) is 11.1 Å². The standard InChI is InChI=1S/C15H23NO2/c1-11-7-8-12(15(2,3)4)10-13(11)16-9-5-6-14(17)18/h7-8,10,16H,5-6,9H2,1-4H3,(H,17,18). The number of aryl methyl sites for hydroxylation is 1. The third-order valence-corrected chi connectivity index (χ3v) is 2.99. The SMILES string of the molecule is Cc1ccc(C(C)(C)C)cc1NCCCC(=O)O. The second-order valence-corrected chi connectivity index (χ2v) is 5.70. The lowest BCUT2D eigenvalue weighted by atomic mass is 9.86.